The zero-order valence-electron chi connectivity index (χ0n) is 22.0. The van der Waals surface area contributed by atoms with Crippen molar-refractivity contribution in [2.45, 2.75) is 26.7 Å². The molecule has 0 fully saturated rings. The number of aromatic nitrogens is 3. The van der Waals surface area contributed by atoms with E-state index in [-0.39, 0.29) is 12.2 Å². The second-order valence-corrected chi connectivity index (χ2v) is 9.43. The highest BCUT2D eigenvalue weighted by molar-refractivity contribution is 6.31. The molecule has 39 heavy (non-hydrogen) atoms. The van der Waals surface area contributed by atoms with Gasteiger partial charge in [-0.2, -0.15) is 0 Å². The number of imidazole rings is 1. The van der Waals surface area contributed by atoms with E-state index >= 15 is 0 Å². The van der Waals surface area contributed by atoms with E-state index in [1.165, 1.54) is 7.11 Å². The predicted molar refractivity (Wildman–Crippen MR) is 149 cm³/mol. The Morgan fingerprint density at radius 3 is 2.46 bits per heavy atom. The Morgan fingerprint density at radius 2 is 1.77 bits per heavy atom. The van der Waals surface area contributed by atoms with E-state index in [0.29, 0.717) is 27.6 Å². The number of pyridine rings is 1. The minimum Gasteiger partial charge on any atom is -0.466 e. The summed E-state index contributed by atoms with van der Waals surface area (Å²) < 4.78 is 12.7. The third kappa shape index (κ3) is 4.68. The third-order valence-corrected chi connectivity index (χ3v) is 7.06. The van der Waals surface area contributed by atoms with Crippen molar-refractivity contribution < 1.29 is 19.1 Å². The van der Waals surface area contributed by atoms with Gasteiger partial charge in [0.05, 0.1) is 48.2 Å². The molecule has 4 aromatic rings. The van der Waals surface area contributed by atoms with Crippen molar-refractivity contribution in [1.82, 2.24) is 19.9 Å². The number of fused-ring (bicyclic) bond motifs is 1. The topological polar surface area (TPSA) is 95.3 Å². The molecule has 1 unspecified atom stereocenters. The lowest BCUT2D eigenvalue weighted by atomic mass is 9.79. The fraction of sp³-hybridized carbons (Fsp3) is 0.200. The van der Waals surface area contributed by atoms with Gasteiger partial charge in [-0.1, -0.05) is 41.9 Å². The molecule has 2 aromatic carbocycles. The highest BCUT2D eigenvalue weighted by Crippen LogP contribution is 2.44. The lowest BCUT2D eigenvalue weighted by Gasteiger charge is -2.32. The average Bonchev–Trinajstić information content (AvgIpc) is 3.28. The molecule has 3 heterocycles. The van der Waals surface area contributed by atoms with Crippen molar-refractivity contribution in [2.24, 2.45) is 0 Å². The highest BCUT2D eigenvalue weighted by Gasteiger charge is 2.40. The summed E-state index contributed by atoms with van der Waals surface area (Å²) in [7, 11) is 1.31. The zero-order valence-corrected chi connectivity index (χ0v) is 22.7. The second-order valence-electron chi connectivity index (χ2n) is 9.02. The van der Waals surface area contributed by atoms with Gasteiger partial charge in [-0.05, 0) is 56.2 Å². The van der Waals surface area contributed by atoms with Gasteiger partial charge in [0.2, 0.25) is 0 Å². The predicted octanol–water partition coefficient (Wildman–Crippen LogP) is 5.49. The van der Waals surface area contributed by atoms with Crippen molar-refractivity contribution >= 4 is 40.3 Å². The van der Waals surface area contributed by atoms with Gasteiger partial charge in [-0.25, -0.2) is 14.6 Å². The first-order valence-electron chi connectivity index (χ1n) is 12.5. The van der Waals surface area contributed by atoms with E-state index in [4.69, 9.17) is 21.1 Å². The summed E-state index contributed by atoms with van der Waals surface area (Å²) in [6.07, 6.45) is 3.47. The number of allylic oxidation sites excluding steroid dienone is 1. The van der Waals surface area contributed by atoms with Crippen LogP contribution in [0.4, 0.5) is 0 Å². The molecule has 0 saturated heterocycles. The number of rotatable bonds is 6. The van der Waals surface area contributed by atoms with Gasteiger partial charge in [0.25, 0.3) is 0 Å². The van der Waals surface area contributed by atoms with E-state index in [1.807, 2.05) is 47.9 Å². The maximum Gasteiger partial charge on any atom is 0.337 e. The van der Waals surface area contributed by atoms with Crippen LogP contribution < -0.4 is 5.32 Å². The Labute approximate surface area is 230 Å². The van der Waals surface area contributed by atoms with Crippen LogP contribution in [0.1, 0.15) is 36.7 Å². The number of benzene rings is 2. The molecular weight excluding hydrogens is 516 g/mol. The molecule has 2 aromatic heterocycles. The highest BCUT2D eigenvalue weighted by atomic mass is 35.5. The summed E-state index contributed by atoms with van der Waals surface area (Å²) >= 11 is 6.62. The fourth-order valence-electron chi connectivity index (χ4n) is 5.04. The van der Waals surface area contributed by atoms with Crippen LogP contribution in [0.25, 0.3) is 22.4 Å². The lowest BCUT2D eigenvalue weighted by molar-refractivity contribution is -0.138. The lowest BCUT2D eigenvalue weighted by Crippen LogP contribution is -2.32. The Morgan fingerprint density at radius 1 is 1.03 bits per heavy atom. The molecule has 1 aliphatic rings. The van der Waals surface area contributed by atoms with Gasteiger partial charge < -0.3 is 14.8 Å². The molecule has 9 heteroatoms. The van der Waals surface area contributed by atoms with Crippen molar-refractivity contribution in [2.75, 3.05) is 13.7 Å². The molecule has 0 spiro atoms. The Bertz CT molecular complexity index is 1650. The third-order valence-electron chi connectivity index (χ3n) is 6.72. The Balaban J connectivity index is 1.69. The number of methoxy groups -OCH3 is 1. The summed E-state index contributed by atoms with van der Waals surface area (Å²) in [5.74, 6) is -1.08. The van der Waals surface area contributed by atoms with Gasteiger partial charge in [0.1, 0.15) is 11.3 Å². The van der Waals surface area contributed by atoms with Gasteiger partial charge >= 0.3 is 11.9 Å². The number of nitrogens with one attached hydrogen (secondary N) is 1. The largest absolute Gasteiger partial charge is 0.466 e. The van der Waals surface area contributed by atoms with Crippen molar-refractivity contribution in [3.8, 4) is 5.69 Å². The fourth-order valence-corrected chi connectivity index (χ4v) is 5.29. The molecule has 1 aliphatic heterocycles. The number of hydrogen-bond donors (Lipinski definition) is 1. The Hall–Kier alpha value is -4.43. The molecule has 0 radical (unpaired) electrons. The van der Waals surface area contributed by atoms with Crippen LogP contribution in [0.2, 0.25) is 5.02 Å². The van der Waals surface area contributed by atoms with Crippen LogP contribution in [0, 0.1) is 6.92 Å². The minimum absolute atomic E-state index is 0.169. The number of hydrogen-bond acceptors (Lipinski definition) is 7. The SMILES string of the molecule is CCOC(=O)C1=C(c2ccc(-n3c(C)nc4cnccc43)cc2)NC(C)=C(C(=O)OC)C1c1ccccc1Cl. The molecular formula is C30H27ClN4O4. The summed E-state index contributed by atoms with van der Waals surface area (Å²) in [5, 5.41) is 3.71. The van der Waals surface area contributed by atoms with E-state index < -0.39 is 17.9 Å². The number of carbonyl (C=O) groups excluding carboxylic acids is 2. The van der Waals surface area contributed by atoms with Crippen LogP contribution in [-0.4, -0.2) is 40.2 Å². The molecule has 5 rings (SSSR count). The van der Waals surface area contributed by atoms with Crippen LogP contribution in [0.15, 0.2) is 83.8 Å². The Kier molecular flexibility index (Phi) is 7.21. The molecule has 0 bridgehead atoms. The quantitative estimate of drug-likeness (QED) is 0.322. The smallest absolute Gasteiger partial charge is 0.337 e. The molecule has 1 N–H and O–H groups in total. The average molecular weight is 543 g/mol. The number of ether oxygens (including phenoxy) is 2. The number of aryl methyl sites for hydroxylation is 1. The summed E-state index contributed by atoms with van der Waals surface area (Å²) in [5.41, 5.74) is 5.66. The van der Waals surface area contributed by atoms with Crippen molar-refractivity contribution in [3.63, 3.8) is 0 Å². The zero-order chi connectivity index (χ0) is 27.7. The summed E-state index contributed by atoms with van der Waals surface area (Å²) in [4.78, 5) is 35.3. The number of nitrogens with zero attached hydrogens (tertiary/aromatic N) is 3. The first kappa shape index (κ1) is 26.2. The number of dihydropyridines is 1. The molecule has 8 nitrogen and oxygen atoms in total. The van der Waals surface area contributed by atoms with Crippen molar-refractivity contribution in [3.05, 3.63) is 106 Å². The molecule has 0 aliphatic carbocycles. The first-order chi connectivity index (χ1) is 18.8. The van der Waals surface area contributed by atoms with Gasteiger partial charge in [0, 0.05) is 22.6 Å². The summed E-state index contributed by atoms with van der Waals surface area (Å²) in [6.45, 7) is 5.63. The molecule has 1 atom stereocenters. The second kappa shape index (κ2) is 10.7. The summed E-state index contributed by atoms with van der Waals surface area (Å²) in [6, 6.07) is 16.8. The monoisotopic (exact) mass is 542 g/mol. The van der Waals surface area contributed by atoms with Gasteiger partial charge in [-0.3, -0.25) is 9.55 Å². The molecule has 198 valence electrons. The maximum absolute atomic E-state index is 13.5. The van der Waals surface area contributed by atoms with Crippen LogP contribution in [0.3, 0.4) is 0 Å². The van der Waals surface area contributed by atoms with Crippen LogP contribution in [0.5, 0.6) is 0 Å². The van der Waals surface area contributed by atoms with Gasteiger partial charge in [0.15, 0.2) is 0 Å². The van der Waals surface area contributed by atoms with E-state index in [2.05, 4.69) is 15.3 Å². The normalized spacial score (nSPS) is 15.4. The van der Waals surface area contributed by atoms with E-state index in [9.17, 15) is 9.59 Å². The van der Waals surface area contributed by atoms with Crippen molar-refractivity contribution in [1.29, 1.82) is 0 Å². The van der Waals surface area contributed by atoms with E-state index in [1.54, 1.807) is 44.4 Å². The molecule has 0 amide bonds. The minimum atomic E-state index is -0.798. The first-order valence-corrected chi connectivity index (χ1v) is 12.8. The number of halogens is 1. The van der Waals surface area contributed by atoms with E-state index in [0.717, 1.165) is 28.1 Å². The molecule has 0 saturated carbocycles. The number of carbonyl (C=O) groups is 2. The van der Waals surface area contributed by atoms with Crippen LogP contribution in [-0.2, 0) is 19.1 Å². The standard InChI is InChI=1S/C30H27ClN4O4/c1-5-39-30(37)27-26(21-8-6-7-9-22(21)31)25(29(36)38-4)17(2)33-28(27)19-10-12-20(13-11-19)35-18(3)34-23-16-32-15-14-24(23)35/h6-16,26,33H,5H2,1-4H3. The maximum atomic E-state index is 13.5. The van der Waals surface area contributed by atoms with Gasteiger partial charge in [-0.15, -0.1) is 0 Å². The van der Waals surface area contributed by atoms with Crippen LogP contribution >= 0.6 is 11.6 Å². The number of esters is 2.